The number of benzene rings is 1. The van der Waals surface area contributed by atoms with Crippen LogP contribution in [0.2, 0.25) is 0 Å². The van der Waals surface area contributed by atoms with Crippen molar-refractivity contribution in [1.82, 2.24) is 25.1 Å². The Kier molecular flexibility index (Phi) is 5.86. The number of thiophene rings is 1. The van der Waals surface area contributed by atoms with Gasteiger partial charge in [-0.15, -0.1) is 11.3 Å². The Morgan fingerprint density at radius 1 is 1.32 bits per heavy atom. The zero-order chi connectivity index (χ0) is 23.9. The van der Waals surface area contributed by atoms with Gasteiger partial charge in [0, 0.05) is 37.0 Å². The van der Waals surface area contributed by atoms with Crippen LogP contribution in [-0.2, 0) is 22.4 Å². The van der Waals surface area contributed by atoms with E-state index in [9.17, 15) is 4.79 Å². The molecule has 0 fully saturated rings. The van der Waals surface area contributed by atoms with Crippen LogP contribution in [0.15, 0.2) is 24.7 Å². The number of fused-ring (bicyclic) bond motifs is 4. The molecule has 1 aromatic carbocycles. The van der Waals surface area contributed by atoms with E-state index in [4.69, 9.17) is 9.47 Å². The summed E-state index contributed by atoms with van der Waals surface area (Å²) in [6.07, 6.45) is 5.64. The number of rotatable bonds is 7. The van der Waals surface area contributed by atoms with Gasteiger partial charge in [0.05, 0.1) is 41.9 Å². The van der Waals surface area contributed by atoms with Crippen LogP contribution in [0.1, 0.15) is 23.8 Å². The van der Waals surface area contributed by atoms with Crippen molar-refractivity contribution in [3.05, 3.63) is 35.1 Å². The molecule has 178 valence electrons. The summed E-state index contributed by atoms with van der Waals surface area (Å²) in [7, 11) is 5.15. The molecular formula is C24H28N6O3S. The van der Waals surface area contributed by atoms with E-state index >= 15 is 0 Å². The van der Waals surface area contributed by atoms with E-state index in [1.807, 2.05) is 19.2 Å². The van der Waals surface area contributed by atoms with E-state index in [1.165, 1.54) is 10.4 Å². The van der Waals surface area contributed by atoms with Gasteiger partial charge in [0.25, 0.3) is 0 Å². The van der Waals surface area contributed by atoms with Gasteiger partial charge in [-0.3, -0.25) is 9.89 Å². The Labute approximate surface area is 201 Å². The molecule has 4 aromatic rings. The molecular weight excluding hydrogens is 452 g/mol. The second-order valence-corrected chi connectivity index (χ2v) is 10.1. The highest BCUT2D eigenvalue weighted by Crippen LogP contribution is 2.45. The molecule has 0 radical (unpaired) electrons. The summed E-state index contributed by atoms with van der Waals surface area (Å²) in [5, 5.41) is 12.6. The molecule has 3 aromatic heterocycles. The van der Waals surface area contributed by atoms with Gasteiger partial charge in [0.15, 0.2) is 0 Å². The standard InChI is InChI=1S/C24H28N6O3S/c1-24(23(31)30(2)7-8-32-3)6-5-15-19(11-24)34-22-20(15)21(25-13-26-22)28-17-9-14-12-27-29-16(14)10-18(17)33-4/h9-10,12-13H,5-8,11H2,1-4H3,(H,27,29)(H,25,26,28)/t24-/m0/s1. The third kappa shape index (κ3) is 3.86. The molecule has 10 heteroatoms. The summed E-state index contributed by atoms with van der Waals surface area (Å²) >= 11 is 1.65. The third-order valence-corrected chi connectivity index (χ3v) is 7.80. The van der Waals surface area contributed by atoms with E-state index in [2.05, 4.69) is 32.4 Å². The molecule has 0 spiro atoms. The Balaban J connectivity index is 1.48. The maximum absolute atomic E-state index is 13.2. The molecule has 9 nitrogen and oxygen atoms in total. The van der Waals surface area contributed by atoms with Gasteiger partial charge in [0.2, 0.25) is 5.91 Å². The van der Waals surface area contributed by atoms with E-state index < -0.39 is 5.41 Å². The molecule has 1 atom stereocenters. The number of methoxy groups -OCH3 is 2. The number of likely N-dealkylation sites (N-methyl/N-ethyl adjacent to an activating group) is 1. The molecule has 1 aliphatic rings. The van der Waals surface area contributed by atoms with Crippen molar-refractivity contribution >= 4 is 49.9 Å². The van der Waals surface area contributed by atoms with Crippen molar-refractivity contribution in [3.8, 4) is 5.75 Å². The van der Waals surface area contributed by atoms with Crippen LogP contribution in [0.3, 0.4) is 0 Å². The molecule has 34 heavy (non-hydrogen) atoms. The van der Waals surface area contributed by atoms with Crippen molar-refractivity contribution in [2.45, 2.75) is 26.2 Å². The van der Waals surface area contributed by atoms with Gasteiger partial charge in [-0.2, -0.15) is 5.10 Å². The average molecular weight is 481 g/mol. The minimum atomic E-state index is -0.438. The molecule has 0 unspecified atom stereocenters. The lowest BCUT2D eigenvalue weighted by atomic mass is 9.74. The molecule has 0 aliphatic heterocycles. The van der Waals surface area contributed by atoms with E-state index in [0.29, 0.717) is 25.3 Å². The predicted octanol–water partition coefficient (Wildman–Crippen LogP) is 3.92. The quantitative estimate of drug-likeness (QED) is 0.413. The second-order valence-electron chi connectivity index (χ2n) is 9.00. The van der Waals surface area contributed by atoms with Gasteiger partial charge in [-0.25, -0.2) is 9.97 Å². The lowest BCUT2D eigenvalue weighted by Gasteiger charge is -2.35. The highest BCUT2D eigenvalue weighted by molar-refractivity contribution is 7.19. The fraction of sp³-hybridized carbons (Fsp3) is 0.417. The largest absolute Gasteiger partial charge is 0.494 e. The topological polar surface area (TPSA) is 105 Å². The fourth-order valence-corrected chi connectivity index (χ4v) is 6.09. The first-order valence-corrected chi connectivity index (χ1v) is 12.0. The lowest BCUT2D eigenvalue weighted by Crippen LogP contribution is -2.44. The Hall–Kier alpha value is -3.24. The predicted molar refractivity (Wildman–Crippen MR) is 133 cm³/mol. The second kappa shape index (κ2) is 8.84. The van der Waals surface area contributed by atoms with Crippen molar-refractivity contribution in [3.63, 3.8) is 0 Å². The minimum Gasteiger partial charge on any atom is -0.494 e. The van der Waals surface area contributed by atoms with Gasteiger partial charge in [-0.05, 0) is 30.9 Å². The Morgan fingerprint density at radius 3 is 2.97 bits per heavy atom. The zero-order valence-electron chi connectivity index (χ0n) is 19.8. The zero-order valence-corrected chi connectivity index (χ0v) is 20.6. The van der Waals surface area contributed by atoms with Crippen LogP contribution in [-0.4, -0.2) is 65.4 Å². The number of aryl methyl sites for hydroxylation is 1. The first kappa shape index (κ1) is 22.5. The normalized spacial score (nSPS) is 17.6. The summed E-state index contributed by atoms with van der Waals surface area (Å²) < 4.78 is 10.8. The number of nitrogens with one attached hydrogen (secondary N) is 2. The average Bonchev–Trinajstić information content (AvgIpc) is 3.44. The van der Waals surface area contributed by atoms with Gasteiger partial charge < -0.3 is 19.7 Å². The summed E-state index contributed by atoms with van der Waals surface area (Å²) in [6, 6.07) is 3.92. The van der Waals surface area contributed by atoms with E-state index in [1.54, 1.807) is 43.0 Å². The molecule has 3 heterocycles. The van der Waals surface area contributed by atoms with Gasteiger partial charge in [0.1, 0.15) is 22.7 Å². The summed E-state index contributed by atoms with van der Waals surface area (Å²) in [4.78, 5) is 26.3. The molecule has 0 saturated heterocycles. The molecule has 2 N–H and O–H groups in total. The Morgan fingerprint density at radius 2 is 2.18 bits per heavy atom. The van der Waals surface area contributed by atoms with Crippen molar-refractivity contribution < 1.29 is 14.3 Å². The summed E-state index contributed by atoms with van der Waals surface area (Å²) in [6.45, 7) is 3.19. The van der Waals surface area contributed by atoms with Crippen LogP contribution in [0, 0.1) is 5.41 Å². The molecule has 1 amide bonds. The third-order valence-electron chi connectivity index (χ3n) is 6.66. The van der Waals surface area contributed by atoms with Crippen molar-refractivity contribution in [2.24, 2.45) is 5.41 Å². The van der Waals surface area contributed by atoms with Crippen LogP contribution in [0.4, 0.5) is 11.5 Å². The smallest absolute Gasteiger partial charge is 0.228 e. The number of amides is 1. The number of carbonyl (C=O) groups excluding carboxylic acids is 1. The first-order chi connectivity index (χ1) is 16.4. The Bertz CT molecular complexity index is 1370. The highest BCUT2D eigenvalue weighted by Gasteiger charge is 2.40. The maximum Gasteiger partial charge on any atom is 0.228 e. The molecule has 0 saturated carbocycles. The maximum atomic E-state index is 13.2. The van der Waals surface area contributed by atoms with E-state index in [0.717, 1.165) is 45.5 Å². The van der Waals surface area contributed by atoms with Crippen molar-refractivity contribution in [2.75, 3.05) is 39.7 Å². The van der Waals surface area contributed by atoms with Crippen LogP contribution in [0.25, 0.3) is 21.1 Å². The number of ether oxygens (including phenoxy) is 2. The molecule has 1 aliphatic carbocycles. The fourth-order valence-electron chi connectivity index (χ4n) is 4.72. The van der Waals surface area contributed by atoms with E-state index in [-0.39, 0.29) is 5.91 Å². The number of aromatic amines is 1. The monoisotopic (exact) mass is 480 g/mol. The number of hydrogen-bond donors (Lipinski definition) is 2. The number of aromatic nitrogens is 4. The number of anilines is 2. The molecule has 5 rings (SSSR count). The van der Waals surface area contributed by atoms with Crippen LogP contribution < -0.4 is 10.1 Å². The highest BCUT2D eigenvalue weighted by atomic mass is 32.1. The number of hydrogen-bond acceptors (Lipinski definition) is 8. The van der Waals surface area contributed by atoms with Gasteiger partial charge >= 0.3 is 0 Å². The first-order valence-electron chi connectivity index (χ1n) is 11.2. The minimum absolute atomic E-state index is 0.162. The van der Waals surface area contributed by atoms with Crippen LogP contribution in [0.5, 0.6) is 5.75 Å². The summed E-state index contributed by atoms with van der Waals surface area (Å²) in [5.41, 5.74) is 2.51. The van der Waals surface area contributed by atoms with Crippen LogP contribution >= 0.6 is 11.3 Å². The molecule has 0 bridgehead atoms. The van der Waals surface area contributed by atoms with Gasteiger partial charge in [-0.1, -0.05) is 6.92 Å². The number of nitrogens with zero attached hydrogens (tertiary/aromatic N) is 4. The lowest BCUT2D eigenvalue weighted by molar-refractivity contribution is -0.141. The number of H-pyrrole nitrogens is 1. The summed E-state index contributed by atoms with van der Waals surface area (Å²) in [5.74, 6) is 1.61. The van der Waals surface area contributed by atoms with Crippen molar-refractivity contribution in [1.29, 1.82) is 0 Å². The number of carbonyl (C=O) groups is 1. The SMILES string of the molecule is COCCN(C)C(=O)[C@@]1(C)CCc2c(sc3ncnc(Nc4cc5cn[nH]c5cc4OC)c23)C1.